The Morgan fingerprint density at radius 2 is 2.00 bits per heavy atom. The van der Waals surface area contributed by atoms with Crippen LogP contribution in [0.2, 0.25) is 0 Å². The summed E-state index contributed by atoms with van der Waals surface area (Å²) >= 11 is 1.65. The number of aliphatic imine (C=N–C) groups is 1. The molecule has 6 nitrogen and oxygen atoms in total. The van der Waals surface area contributed by atoms with Crippen LogP contribution in [0.5, 0.6) is 0 Å². The third-order valence-corrected chi connectivity index (χ3v) is 4.37. The van der Waals surface area contributed by atoms with Crippen molar-refractivity contribution in [3.8, 4) is 0 Å². The van der Waals surface area contributed by atoms with Crippen LogP contribution in [0.15, 0.2) is 28.6 Å². The van der Waals surface area contributed by atoms with Gasteiger partial charge in [-0.05, 0) is 31.5 Å². The lowest BCUT2D eigenvalue weighted by Crippen LogP contribution is -2.36. The summed E-state index contributed by atoms with van der Waals surface area (Å²) in [6.07, 6.45) is 0. The second-order valence-corrected chi connectivity index (χ2v) is 6.31. The van der Waals surface area contributed by atoms with Gasteiger partial charge in [-0.2, -0.15) is 0 Å². The molecule has 3 aromatic rings. The molecule has 0 aliphatic rings. The van der Waals surface area contributed by atoms with Crippen LogP contribution in [0.25, 0.3) is 11.0 Å². The van der Waals surface area contributed by atoms with Crippen LogP contribution < -0.4 is 10.6 Å². The van der Waals surface area contributed by atoms with Gasteiger partial charge in [0.1, 0.15) is 10.8 Å². The lowest BCUT2D eigenvalue weighted by molar-refractivity contribution is 0.780. The normalized spacial score (nSPS) is 11.4. The zero-order valence-corrected chi connectivity index (χ0v) is 17.0. The van der Waals surface area contributed by atoms with E-state index in [1.807, 2.05) is 18.4 Å². The number of aryl methyl sites for hydroxylation is 2. The summed E-state index contributed by atoms with van der Waals surface area (Å²) < 4.78 is 0. The van der Waals surface area contributed by atoms with Crippen molar-refractivity contribution in [3.05, 3.63) is 45.7 Å². The van der Waals surface area contributed by atoms with Crippen molar-refractivity contribution >= 4 is 52.3 Å². The van der Waals surface area contributed by atoms with Crippen molar-refractivity contribution in [3.63, 3.8) is 0 Å². The van der Waals surface area contributed by atoms with Gasteiger partial charge in [-0.15, -0.1) is 35.3 Å². The topological polar surface area (TPSA) is 78.0 Å². The Morgan fingerprint density at radius 3 is 2.71 bits per heavy atom. The number of nitrogens with zero attached hydrogens (tertiary/aromatic N) is 3. The molecular weight excluding hydrogens is 435 g/mol. The quantitative estimate of drug-likeness (QED) is 0.320. The van der Waals surface area contributed by atoms with E-state index in [9.17, 15) is 0 Å². The van der Waals surface area contributed by atoms with Gasteiger partial charge in [0.2, 0.25) is 0 Å². The summed E-state index contributed by atoms with van der Waals surface area (Å²) in [6, 6.07) is 6.20. The van der Waals surface area contributed by atoms with Gasteiger partial charge in [-0.1, -0.05) is 6.07 Å². The number of aromatic amines is 1. The molecule has 0 bridgehead atoms. The minimum Gasteiger partial charge on any atom is -0.350 e. The number of imidazole rings is 1. The lowest BCUT2D eigenvalue weighted by Gasteiger charge is -2.09. The number of guanidine groups is 1. The molecular formula is C16H21IN6S. The molecule has 0 saturated heterocycles. The molecule has 0 radical (unpaired) electrons. The molecule has 0 fully saturated rings. The number of thiazole rings is 1. The van der Waals surface area contributed by atoms with E-state index in [1.165, 1.54) is 5.56 Å². The second kappa shape index (κ2) is 8.43. The van der Waals surface area contributed by atoms with Crippen molar-refractivity contribution in [2.45, 2.75) is 26.9 Å². The SMILES string of the molecule is CN=C(NCc1nc2ccc(C)cc2[nH]1)NCc1nc(C)cs1.I. The van der Waals surface area contributed by atoms with Crippen molar-refractivity contribution in [1.29, 1.82) is 0 Å². The Labute approximate surface area is 162 Å². The third-order valence-electron chi connectivity index (χ3n) is 3.41. The molecule has 128 valence electrons. The number of nitrogens with one attached hydrogen (secondary N) is 3. The maximum Gasteiger partial charge on any atom is 0.191 e. The number of H-pyrrole nitrogens is 1. The fraction of sp³-hybridized carbons (Fsp3) is 0.312. The fourth-order valence-corrected chi connectivity index (χ4v) is 3.00. The Morgan fingerprint density at radius 1 is 1.21 bits per heavy atom. The number of halogens is 1. The fourth-order valence-electron chi connectivity index (χ4n) is 2.29. The van der Waals surface area contributed by atoms with Crippen LogP contribution in [0.3, 0.4) is 0 Å². The molecule has 2 heterocycles. The van der Waals surface area contributed by atoms with Gasteiger partial charge in [0.25, 0.3) is 0 Å². The zero-order chi connectivity index (χ0) is 16.2. The Kier molecular flexibility index (Phi) is 6.55. The smallest absolute Gasteiger partial charge is 0.191 e. The van der Waals surface area contributed by atoms with E-state index in [0.717, 1.165) is 33.5 Å². The van der Waals surface area contributed by atoms with Crippen molar-refractivity contribution in [2.24, 2.45) is 4.99 Å². The Hall–Kier alpha value is -1.68. The predicted octanol–water partition coefficient (Wildman–Crippen LogP) is 3.12. The number of rotatable bonds is 4. The van der Waals surface area contributed by atoms with Crippen LogP contribution >= 0.6 is 35.3 Å². The summed E-state index contributed by atoms with van der Waals surface area (Å²) in [5.74, 6) is 1.62. The molecule has 0 spiro atoms. The molecule has 3 N–H and O–H groups in total. The maximum absolute atomic E-state index is 4.57. The minimum absolute atomic E-state index is 0. The first-order valence-corrected chi connectivity index (χ1v) is 8.33. The maximum atomic E-state index is 4.57. The average Bonchev–Trinajstić information content (AvgIpc) is 3.12. The first-order chi connectivity index (χ1) is 11.1. The summed E-state index contributed by atoms with van der Waals surface area (Å²) in [5, 5.41) is 9.61. The van der Waals surface area contributed by atoms with Crippen molar-refractivity contribution < 1.29 is 0 Å². The molecule has 24 heavy (non-hydrogen) atoms. The second-order valence-electron chi connectivity index (χ2n) is 5.37. The molecule has 0 unspecified atom stereocenters. The van der Waals surface area contributed by atoms with Crippen LogP contribution in [-0.4, -0.2) is 28.0 Å². The van der Waals surface area contributed by atoms with E-state index >= 15 is 0 Å². The molecule has 8 heteroatoms. The van der Waals surface area contributed by atoms with Gasteiger partial charge in [0.05, 0.1) is 24.1 Å². The summed E-state index contributed by atoms with van der Waals surface area (Å²) in [4.78, 5) is 16.5. The summed E-state index contributed by atoms with van der Waals surface area (Å²) in [6.45, 7) is 5.32. The molecule has 0 amide bonds. The van der Waals surface area contributed by atoms with Crippen LogP contribution in [0, 0.1) is 13.8 Å². The van der Waals surface area contributed by atoms with Gasteiger partial charge in [-0.3, -0.25) is 4.99 Å². The van der Waals surface area contributed by atoms with Crippen LogP contribution in [-0.2, 0) is 13.1 Å². The van der Waals surface area contributed by atoms with E-state index in [2.05, 4.69) is 49.6 Å². The van der Waals surface area contributed by atoms with Crippen molar-refractivity contribution in [1.82, 2.24) is 25.6 Å². The average molecular weight is 456 g/mol. The Balaban J connectivity index is 0.00000208. The molecule has 0 atom stereocenters. The van der Waals surface area contributed by atoms with Crippen molar-refractivity contribution in [2.75, 3.05) is 7.05 Å². The zero-order valence-electron chi connectivity index (χ0n) is 13.9. The molecule has 3 rings (SSSR count). The number of benzene rings is 1. The number of hydrogen-bond donors (Lipinski definition) is 3. The number of aromatic nitrogens is 3. The van der Waals surface area contributed by atoms with E-state index in [1.54, 1.807) is 18.4 Å². The molecule has 0 aliphatic heterocycles. The Bertz CT molecular complexity index is 838. The van der Waals surface area contributed by atoms with Gasteiger partial charge < -0.3 is 15.6 Å². The van der Waals surface area contributed by atoms with Gasteiger partial charge >= 0.3 is 0 Å². The largest absolute Gasteiger partial charge is 0.350 e. The lowest BCUT2D eigenvalue weighted by atomic mass is 10.2. The predicted molar refractivity (Wildman–Crippen MR) is 110 cm³/mol. The highest BCUT2D eigenvalue weighted by Crippen LogP contribution is 2.13. The van der Waals surface area contributed by atoms with Gasteiger partial charge in [0, 0.05) is 18.1 Å². The van der Waals surface area contributed by atoms with Crippen LogP contribution in [0.4, 0.5) is 0 Å². The highest BCUT2D eigenvalue weighted by atomic mass is 127. The van der Waals surface area contributed by atoms with E-state index in [-0.39, 0.29) is 24.0 Å². The number of fused-ring (bicyclic) bond motifs is 1. The van der Waals surface area contributed by atoms with E-state index in [0.29, 0.717) is 13.1 Å². The molecule has 1 aromatic carbocycles. The van der Waals surface area contributed by atoms with Gasteiger partial charge in [-0.25, -0.2) is 9.97 Å². The first-order valence-electron chi connectivity index (χ1n) is 7.45. The highest BCUT2D eigenvalue weighted by Gasteiger charge is 2.05. The standard InChI is InChI=1S/C16H20N6S.HI/c1-10-4-5-12-13(6-10)22-14(21-12)7-18-16(17-3)19-8-15-20-11(2)9-23-15;/h4-6,9H,7-8H2,1-3H3,(H,21,22)(H2,17,18,19);1H. The van der Waals surface area contributed by atoms with Gasteiger partial charge in [0.15, 0.2) is 5.96 Å². The monoisotopic (exact) mass is 456 g/mol. The minimum atomic E-state index is 0. The van der Waals surface area contributed by atoms with E-state index < -0.39 is 0 Å². The first kappa shape index (κ1) is 18.7. The van der Waals surface area contributed by atoms with Crippen LogP contribution in [0.1, 0.15) is 22.1 Å². The highest BCUT2D eigenvalue weighted by molar-refractivity contribution is 14.0. The third kappa shape index (κ3) is 4.67. The number of hydrogen-bond acceptors (Lipinski definition) is 4. The molecule has 0 aliphatic carbocycles. The summed E-state index contributed by atoms with van der Waals surface area (Å²) in [7, 11) is 1.75. The van der Waals surface area contributed by atoms with E-state index in [4.69, 9.17) is 0 Å². The summed E-state index contributed by atoms with van der Waals surface area (Å²) in [5.41, 5.74) is 4.31. The molecule has 2 aromatic heterocycles. The molecule has 0 saturated carbocycles.